The molecule has 0 spiro atoms. The van der Waals surface area contributed by atoms with E-state index < -0.39 is 43.9 Å². The van der Waals surface area contributed by atoms with E-state index >= 15 is 0 Å². The standard InChI is InChI=1S/C37H34N3O9P/c1-45-29-17-13-27(14-18-29)37(26-11-7-4-8-12-26,28-15-19-30(46-2)20-16-28)47-24-32-31(49-50(43)44)23-34(48-32)40-22-21-33(39-36(40)42)38-35(41)25-9-5-3-6-10-25/h3-22,31-32,34H,23-24H2,1-2H3,(H-,38,39,41,42,43,44)/p+1/t31-,32+,34+/m0/s1. The predicted octanol–water partition coefficient (Wildman–Crippen LogP) is 5.84. The first-order chi connectivity index (χ1) is 24.3. The van der Waals surface area contributed by atoms with Gasteiger partial charge in [0.25, 0.3) is 5.91 Å². The van der Waals surface area contributed by atoms with Gasteiger partial charge in [-0.15, -0.1) is 9.42 Å². The molecule has 2 N–H and O–H groups in total. The van der Waals surface area contributed by atoms with Crippen molar-refractivity contribution in [3.8, 4) is 11.5 Å². The lowest BCUT2D eigenvalue weighted by molar-refractivity contribution is -0.0917. The summed E-state index contributed by atoms with van der Waals surface area (Å²) >= 11 is 0. The molecule has 13 heteroatoms. The van der Waals surface area contributed by atoms with Gasteiger partial charge in [-0.25, -0.2) is 4.79 Å². The number of carbonyl (C=O) groups is 1. The SMILES string of the molecule is COc1ccc(C(OC[C@H]2O[C@@H](n3ccc(NC(=O)c4ccccc4)nc3=O)C[C@@H]2O[P+](=O)O)(c2ccccc2)c2ccc(OC)cc2)cc1. The van der Waals surface area contributed by atoms with Crippen molar-refractivity contribution in [3.63, 3.8) is 0 Å². The number of carbonyl (C=O) groups excluding carboxylic acids is 1. The Balaban J connectivity index is 1.31. The van der Waals surface area contributed by atoms with Crippen LogP contribution in [0.3, 0.4) is 0 Å². The van der Waals surface area contributed by atoms with Crippen LogP contribution in [0.4, 0.5) is 5.82 Å². The van der Waals surface area contributed by atoms with Crippen LogP contribution in [0, 0.1) is 0 Å². The largest absolute Gasteiger partial charge is 0.695 e. The van der Waals surface area contributed by atoms with Crippen LogP contribution >= 0.6 is 8.25 Å². The molecule has 0 saturated carbocycles. The average Bonchev–Trinajstić information content (AvgIpc) is 3.54. The molecular formula is C37H35N3O9P+. The van der Waals surface area contributed by atoms with Gasteiger partial charge in [-0.1, -0.05) is 72.8 Å². The number of hydrogen-bond acceptors (Lipinski definition) is 9. The number of nitrogens with zero attached hydrogens (tertiary/aromatic N) is 2. The van der Waals surface area contributed by atoms with Crippen LogP contribution in [-0.2, 0) is 24.2 Å². The van der Waals surface area contributed by atoms with Crippen molar-refractivity contribution in [3.05, 3.63) is 154 Å². The first kappa shape index (κ1) is 34.6. The summed E-state index contributed by atoms with van der Waals surface area (Å²) in [6, 6.07) is 34.7. The maximum atomic E-state index is 13.2. The molecular weight excluding hydrogens is 661 g/mol. The van der Waals surface area contributed by atoms with Gasteiger partial charge in [0.1, 0.15) is 41.4 Å². The quantitative estimate of drug-likeness (QED) is 0.114. The summed E-state index contributed by atoms with van der Waals surface area (Å²) in [6.45, 7) is -0.106. The lowest BCUT2D eigenvalue weighted by Crippen LogP contribution is -2.38. The highest BCUT2D eigenvalue weighted by molar-refractivity contribution is 7.32. The van der Waals surface area contributed by atoms with E-state index in [1.807, 2.05) is 78.9 Å². The van der Waals surface area contributed by atoms with Crippen LogP contribution in [0.15, 0.2) is 126 Å². The Hall–Kier alpha value is -5.23. The van der Waals surface area contributed by atoms with Crippen molar-refractivity contribution in [1.82, 2.24) is 9.55 Å². The molecule has 4 aromatic carbocycles. The van der Waals surface area contributed by atoms with Crippen molar-refractivity contribution < 1.29 is 37.7 Å². The van der Waals surface area contributed by atoms with Gasteiger partial charge in [0.15, 0.2) is 0 Å². The summed E-state index contributed by atoms with van der Waals surface area (Å²) in [6.07, 6.45) is -1.21. The summed E-state index contributed by atoms with van der Waals surface area (Å²) in [5.41, 5.74) is 0.902. The van der Waals surface area contributed by atoms with E-state index in [1.54, 1.807) is 44.6 Å². The van der Waals surface area contributed by atoms with E-state index in [1.165, 1.54) is 16.8 Å². The molecule has 2 heterocycles. The molecule has 1 amide bonds. The molecule has 1 aromatic heterocycles. The average molecular weight is 697 g/mol. The fourth-order valence-corrected chi connectivity index (χ4v) is 6.46. The molecule has 0 bridgehead atoms. The lowest BCUT2D eigenvalue weighted by Gasteiger charge is -2.37. The predicted molar refractivity (Wildman–Crippen MR) is 184 cm³/mol. The van der Waals surface area contributed by atoms with E-state index in [0.717, 1.165) is 16.7 Å². The van der Waals surface area contributed by atoms with Crippen molar-refractivity contribution >= 4 is 20.0 Å². The monoisotopic (exact) mass is 696 g/mol. The number of hydrogen-bond donors (Lipinski definition) is 2. The third kappa shape index (κ3) is 7.50. The smallest absolute Gasteiger partial charge is 0.497 e. The molecule has 12 nitrogen and oxygen atoms in total. The van der Waals surface area contributed by atoms with Gasteiger partial charge in [-0.05, 0) is 59.2 Å². The van der Waals surface area contributed by atoms with Gasteiger partial charge in [-0.2, -0.15) is 4.98 Å². The zero-order valence-electron chi connectivity index (χ0n) is 27.2. The van der Waals surface area contributed by atoms with Gasteiger partial charge in [-0.3, -0.25) is 9.36 Å². The zero-order chi connectivity index (χ0) is 35.1. The minimum absolute atomic E-state index is 0.0520. The Morgan fingerprint density at radius 2 is 1.44 bits per heavy atom. The van der Waals surface area contributed by atoms with Gasteiger partial charge in [0.05, 0.1) is 20.8 Å². The van der Waals surface area contributed by atoms with Crippen molar-refractivity contribution in [2.24, 2.45) is 0 Å². The van der Waals surface area contributed by atoms with E-state index in [9.17, 15) is 19.0 Å². The van der Waals surface area contributed by atoms with Gasteiger partial charge in [0, 0.05) is 22.7 Å². The normalized spacial score (nSPS) is 17.6. The molecule has 50 heavy (non-hydrogen) atoms. The van der Waals surface area contributed by atoms with Gasteiger partial charge in [0.2, 0.25) is 0 Å². The fourth-order valence-electron chi connectivity index (χ4n) is 6.01. The van der Waals surface area contributed by atoms with E-state index in [0.29, 0.717) is 17.1 Å². The molecule has 1 fully saturated rings. The summed E-state index contributed by atoms with van der Waals surface area (Å²) < 4.78 is 42.7. The molecule has 1 saturated heterocycles. The maximum Gasteiger partial charge on any atom is 0.695 e. The van der Waals surface area contributed by atoms with Crippen molar-refractivity contribution in [1.29, 1.82) is 0 Å². The van der Waals surface area contributed by atoms with Gasteiger partial charge < -0.3 is 24.3 Å². The number of anilines is 1. The first-order valence-corrected chi connectivity index (χ1v) is 16.9. The molecule has 5 aromatic rings. The molecule has 256 valence electrons. The summed E-state index contributed by atoms with van der Waals surface area (Å²) in [5.74, 6) is 0.978. The fraction of sp³-hybridized carbons (Fsp3) is 0.216. The van der Waals surface area contributed by atoms with Crippen LogP contribution < -0.4 is 20.5 Å². The molecule has 1 aliphatic rings. The first-order valence-electron chi connectivity index (χ1n) is 15.7. The van der Waals surface area contributed by atoms with E-state index in [-0.39, 0.29) is 18.8 Å². The zero-order valence-corrected chi connectivity index (χ0v) is 28.1. The van der Waals surface area contributed by atoms with Crippen molar-refractivity contribution in [2.45, 2.75) is 30.5 Å². The number of benzene rings is 4. The topological polar surface area (TPSA) is 147 Å². The third-order valence-corrected chi connectivity index (χ3v) is 8.91. The second-order valence-electron chi connectivity index (χ2n) is 11.4. The Labute approximate surface area is 289 Å². The minimum atomic E-state index is -3.02. The molecule has 0 aliphatic carbocycles. The molecule has 4 atom stereocenters. The highest BCUT2D eigenvalue weighted by atomic mass is 31.1. The van der Waals surface area contributed by atoms with Gasteiger partial charge >= 0.3 is 13.9 Å². The highest BCUT2D eigenvalue weighted by Gasteiger charge is 2.46. The summed E-state index contributed by atoms with van der Waals surface area (Å²) in [4.78, 5) is 39.6. The minimum Gasteiger partial charge on any atom is -0.497 e. The lowest BCUT2D eigenvalue weighted by atomic mass is 9.80. The van der Waals surface area contributed by atoms with Crippen LogP contribution in [0.5, 0.6) is 11.5 Å². The molecule has 1 aliphatic heterocycles. The highest BCUT2D eigenvalue weighted by Crippen LogP contribution is 2.43. The van der Waals surface area contributed by atoms with Crippen molar-refractivity contribution in [2.75, 3.05) is 26.1 Å². The summed E-state index contributed by atoms with van der Waals surface area (Å²) in [5, 5.41) is 2.62. The third-order valence-electron chi connectivity index (χ3n) is 8.46. The number of ether oxygens (including phenoxy) is 4. The maximum absolute atomic E-state index is 13.2. The number of amides is 1. The number of rotatable bonds is 13. The van der Waals surface area contributed by atoms with E-state index in [2.05, 4.69) is 10.3 Å². The van der Waals surface area contributed by atoms with Crippen LogP contribution in [0.25, 0.3) is 0 Å². The number of aromatic nitrogens is 2. The van der Waals surface area contributed by atoms with Crippen LogP contribution in [0.2, 0.25) is 0 Å². The Morgan fingerprint density at radius 1 is 0.880 bits per heavy atom. The Morgan fingerprint density at radius 3 is 1.98 bits per heavy atom. The molecule has 0 radical (unpaired) electrons. The second-order valence-corrected chi connectivity index (χ2v) is 12.1. The molecule has 6 rings (SSSR count). The second kappa shape index (κ2) is 15.5. The number of methoxy groups -OCH3 is 2. The van der Waals surface area contributed by atoms with Crippen LogP contribution in [0.1, 0.15) is 39.7 Å². The Bertz CT molecular complexity index is 1930. The van der Waals surface area contributed by atoms with Crippen LogP contribution in [-0.4, -0.2) is 53.4 Å². The summed E-state index contributed by atoms with van der Waals surface area (Å²) in [7, 11) is 0.167. The van der Waals surface area contributed by atoms with E-state index in [4.69, 9.17) is 23.5 Å². The molecule has 1 unspecified atom stereocenters. The Kier molecular flexibility index (Phi) is 10.8. The number of nitrogens with one attached hydrogen (secondary N) is 1.